The first-order chi connectivity index (χ1) is 24.9. The molecule has 55 heavy (non-hydrogen) atoms. The van der Waals surface area contributed by atoms with Crippen molar-refractivity contribution >= 4 is 97.1 Å². The van der Waals surface area contributed by atoms with E-state index >= 15 is 0 Å². The zero-order valence-corrected chi connectivity index (χ0v) is 42.6. The number of hydrogen-bond donors (Lipinski definition) is 0. The van der Waals surface area contributed by atoms with E-state index in [4.69, 9.17) is 24.1 Å². The summed E-state index contributed by atoms with van der Waals surface area (Å²) in [6.07, 6.45) is 0. The van der Waals surface area contributed by atoms with Gasteiger partial charge in [-0.3, -0.25) is 0 Å². The van der Waals surface area contributed by atoms with Gasteiger partial charge in [0, 0.05) is 44.1 Å². The zero-order valence-electron chi connectivity index (χ0n) is 36.7. The Kier molecular flexibility index (Phi) is 11.0. The van der Waals surface area contributed by atoms with Crippen molar-refractivity contribution in [1.29, 1.82) is 0 Å². The summed E-state index contributed by atoms with van der Waals surface area (Å²) < 4.78 is -0.309. The standard InChI is InChI=1S/C48H64P2S5/c1-42(2,3)29-25-31(44(7,8)9)39(32(26-29)45(10,11)12)49(51)41-37(35-21-19-23-53-35)38(36-22-20-24-54-36)48(41)50(52,55-48)40-33(46(13,14)15)27-30(43(4,5)6)28-34(40)47(16,17)18/h19-28H,1-18H3. The minimum atomic E-state index is -2.34. The summed E-state index contributed by atoms with van der Waals surface area (Å²) in [7, 11) is 0. The van der Waals surface area contributed by atoms with E-state index in [-0.39, 0.29) is 37.0 Å². The Morgan fingerprint density at radius 1 is 0.564 bits per heavy atom. The molecule has 3 heterocycles. The van der Waals surface area contributed by atoms with Crippen LogP contribution in [0.1, 0.15) is 168 Å². The van der Waals surface area contributed by atoms with Crippen LogP contribution in [-0.2, 0) is 56.5 Å². The maximum absolute atomic E-state index is 7.45. The molecule has 6 rings (SSSR count). The Bertz CT molecular complexity index is 2190. The molecule has 1 aliphatic carbocycles. The van der Waals surface area contributed by atoms with Gasteiger partial charge in [-0.25, -0.2) is 0 Å². The highest BCUT2D eigenvalue weighted by molar-refractivity contribution is 8.89. The van der Waals surface area contributed by atoms with Crippen molar-refractivity contribution in [2.24, 2.45) is 0 Å². The topological polar surface area (TPSA) is 0 Å². The fourth-order valence-corrected chi connectivity index (χ4v) is 25.7. The van der Waals surface area contributed by atoms with Crippen LogP contribution in [0.25, 0.3) is 11.1 Å². The lowest BCUT2D eigenvalue weighted by molar-refractivity contribution is 0.553. The van der Waals surface area contributed by atoms with Gasteiger partial charge in [0.25, 0.3) is 0 Å². The molecule has 2 aliphatic rings. The van der Waals surface area contributed by atoms with Gasteiger partial charge in [-0.15, -0.1) is 22.7 Å². The van der Waals surface area contributed by atoms with Crippen molar-refractivity contribution in [3.05, 3.63) is 102 Å². The van der Waals surface area contributed by atoms with Gasteiger partial charge in [0.05, 0.1) is 5.24 Å². The molecule has 2 aromatic carbocycles. The number of allylic oxidation sites excluding steroid dienone is 1. The molecule has 2 aromatic heterocycles. The molecule has 3 atom stereocenters. The van der Waals surface area contributed by atoms with E-state index in [2.05, 4.69) is 195 Å². The highest BCUT2D eigenvalue weighted by Gasteiger charge is 2.78. The first-order valence-electron chi connectivity index (χ1n) is 19.7. The molecule has 1 spiro atoms. The molecule has 3 unspecified atom stereocenters. The van der Waals surface area contributed by atoms with Crippen LogP contribution in [0.15, 0.2) is 59.3 Å². The number of thiophene rings is 2. The lowest BCUT2D eigenvalue weighted by Crippen LogP contribution is -2.40. The molecule has 0 saturated carbocycles. The predicted molar refractivity (Wildman–Crippen MR) is 264 cm³/mol. The zero-order chi connectivity index (χ0) is 41.3. The van der Waals surface area contributed by atoms with Crippen LogP contribution in [0.4, 0.5) is 0 Å². The number of benzene rings is 2. The Hall–Kier alpha value is -0.900. The van der Waals surface area contributed by atoms with Gasteiger partial charge >= 0.3 is 0 Å². The van der Waals surface area contributed by atoms with E-state index in [1.54, 1.807) is 0 Å². The van der Waals surface area contributed by atoms with Crippen molar-refractivity contribution in [2.45, 2.75) is 162 Å². The van der Waals surface area contributed by atoms with Crippen LogP contribution in [0.3, 0.4) is 0 Å². The van der Waals surface area contributed by atoms with Crippen molar-refractivity contribution in [1.82, 2.24) is 0 Å². The minimum absolute atomic E-state index is 0.0154. The van der Waals surface area contributed by atoms with Gasteiger partial charge in [0.2, 0.25) is 0 Å². The fourth-order valence-electron chi connectivity index (χ4n) is 7.94. The van der Waals surface area contributed by atoms with E-state index in [1.807, 2.05) is 22.7 Å². The third-order valence-corrected chi connectivity index (χ3v) is 25.1. The largest absolute Gasteiger partial charge is 0.486 e. The van der Waals surface area contributed by atoms with Gasteiger partial charge < -0.3 is 12.2 Å². The van der Waals surface area contributed by atoms with Crippen LogP contribution >= 0.6 is 46.0 Å². The highest BCUT2D eigenvalue weighted by Crippen LogP contribution is 2.99. The smallest absolute Gasteiger partial charge is 0.152 e. The third kappa shape index (κ3) is 7.49. The predicted octanol–water partition coefficient (Wildman–Crippen LogP) is 15.1. The van der Waals surface area contributed by atoms with E-state index in [1.165, 1.54) is 70.2 Å². The van der Waals surface area contributed by atoms with Crippen LogP contribution in [0.2, 0.25) is 0 Å². The molecule has 0 bridgehead atoms. The van der Waals surface area contributed by atoms with Crippen LogP contribution < -0.4 is 10.6 Å². The molecule has 0 amide bonds. The van der Waals surface area contributed by atoms with E-state index in [9.17, 15) is 0 Å². The van der Waals surface area contributed by atoms with Crippen LogP contribution in [0.5, 0.6) is 0 Å². The second kappa shape index (κ2) is 13.8. The summed E-state index contributed by atoms with van der Waals surface area (Å²) in [5.41, 5.74) is 11.0. The summed E-state index contributed by atoms with van der Waals surface area (Å²) in [6, 6.07) is 19.2. The Morgan fingerprint density at radius 3 is 1.29 bits per heavy atom. The van der Waals surface area contributed by atoms with E-state index < -0.39 is 12.0 Å². The highest BCUT2D eigenvalue weighted by atomic mass is 33.0. The fraction of sp³-hybridized carbons (Fsp3) is 0.521. The summed E-state index contributed by atoms with van der Waals surface area (Å²) in [6.45, 7) is 41.6. The van der Waals surface area contributed by atoms with Crippen molar-refractivity contribution in [3.8, 4) is 0 Å². The molecular weight excluding hydrogens is 799 g/mol. The average molecular weight is 863 g/mol. The van der Waals surface area contributed by atoms with Gasteiger partial charge in [-0.05, 0) is 77.6 Å². The monoisotopic (exact) mass is 862 g/mol. The molecule has 4 aromatic rings. The van der Waals surface area contributed by atoms with E-state index in [0.29, 0.717) is 0 Å². The van der Waals surface area contributed by atoms with Gasteiger partial charge in [-0.1, -0.05) is 184 Å². The van der Waals surface area contributed by atoms with Gasteiger partial charge in [-0.2, -0.15) is 0 Å². The maximum atomic E-state index is 7.45. The molecule has 1 fully saturated rings. The second-order valence-electron chi connectivity index (χ2n) is 22.0. The van der Waals surface area contributed by atoms with E-state index in [0.717, 1.165) is 0 Å². The van der Waals surface area contributed by atoms with Crippen LogP contribution in [0, 0.1) is 0 Å². The normalized spacial score (nSPS) is 22.0. The number of hydrogen-bond acceptors (Lipinski definition) is 5. The van der Waals surface area contributed by atoms with Crippen molar-refractivity contribution in [2.75, 3.05) is 0 Å². The summed E-state index contributed by atoms with van der Waals surface area (Å²) in [4.78, 5) is 2.67. The summed E-state index contributed by atoms with van der Waals surface area (Å²) in [5, 5.41) is 6.45. The Balaban J connectivity index is 1.83. The molecule has 0 N–H and O–H groups in total. The Morgan fingerprint density at radius 2 is 0.945 bits per heavy atom. The lowest BCUT2D eigenvalue weighted by Gasteiger charge is -2.39. The van der Waals surface area contributed by atoms with Gasteiger partial charge in [0.15, 0.2) is 4.49 Å². The van der Waals surface area contributed by atoms with Crippen LogP contribution in [-0.4, -0.2) is 9.78 Å². The number of rotatable bonds is 4. The second-order valence-corrected chi connectivity index (χ2v) is 34.3. The average Bonchev–Trinajstić information content (AvgIpc) is 3.41. The van der Waals surface area contributed by atoms with Crippen molar-refractivity contribution < 1.29 is 0 Å². The SMILES string of the molecule is CC(C)(C)c1cc(C(C)(C)C)c(/[P+]([S-])=C2/C(c3cccs3)=C(c3cccs3)C23SP3(=S)c2c(C(C)(C)C)cc(C(C)(C)C)cc2C(C)(C)C)c(C(C)(C)C)c1. The first kappa shape index (κ1) is 43.7. The molecule has 7 heteroatoms. The lowest BCUT2D eigenvalue weighted by atomic mass is 9.75. The third-order valence-electron chi connectivity index (χ3n) is 11.2. The Labute approximate surface area is 358 Å². The maximum Gasteiger partial charge on any atom is 0.152 e. The molecule has 0 radical (unpaired) electrons. The molecule has 0 nitrogen and oxygen atoms in total. The summed E-state index contributed by atoms with van der Waals surface area (Å²) in [5.74, 6) is 0. The minimum Gasteiger partial charge on any atom is -0.486 e. The van der Waals surface area contributed by atoms with Gasteiger partial charge in [0.1, 0.15) is 10.6 Å². The molecule has 1 saturated heterocycles. The quantitative estimate of drug-likeness (QED) is 0.114. The molecule has 1 aliphatic heterocycles. The van der Waals surface area contributed by atoms with Crippen molar-refractivity contribution in [3.63, 3.8) is 0 Å². The summed E-state index contributed by atoms with van der Waals surface area (Å²) >= 11 is 20.5. The first-order valence-corrected chi connectivity index (χ1v) is 28.1. The molecular formula is C48H64P2S5. The molecule has 296 valence electrons.